The number of aliphatic carboxylic acids is 1. The molecule has 1 heterocycles. The summed E-state index contributed by atoms with van der Waals surface area (Å²) in [5.74, 6) is -1.03. The first-order chi connectivity index (χ1) is 8.56. The molecule has 18 heavy (non-hydrogen) atoms. The van der Waals surface area contributed by atoms with Crippen LogP contribution in [-0.4, -0.2) is 39.6 Å². The molecule has 98 valence electrons. The third kappa shape index (κ3) is 3.33. The lowest BCUT2D eigenvalue weighted by Crippen LogP contribution is -2.43. The van der Waals surface area contributed by atoms with E-state index < -0.39 is 12.0 Å². The maximum Gasteiger partial charge on any atom is 0.323 e. The molecule has 0 aliphatic heterocycles. The zero-order valence-corrected chi connectivity index (χ0v) is 10.3. The number of carbonyl (C=O) groups excluding carboxylic acids is 1. The SMILES string of the molecule is O=C(O)CN(C(=O)NCc1csc(=O)[nH]1)C1CC1. The minimum absolute atomic E-state index is 0.0302. The van der Waals surface area contributed by atoms with Gasteiger partial charge in [0, 0.05) is 17.1 Å². The summed E-state index contributed by atoms with van der Waals surface area (Å²) in [7, 11) is 0. The Hall–Kier alpha value is -1.83. The number of carbonyl (C=O) groups is 2. The predicted molar refractivity (Wildman–Crippen MR) is 64.5 cm³/mol. The molecule has 8 heteroatoms. The highest BCUT2D eigenvalue weighted by atomic mass is 32.1. The molecule has 1 aromatic heterocycles. The molecule has 2 rings (SSSR count). The van der Waals surface area contributed by atoms with Gasteiger partial charge in [0.15, 0.2) is 0 Å². The number of nitrogens with zero attached hydrogens (tertiary/aromatic N) is 1. The van der Waals surface area contributed by atoms with E-state index in [2.05, 4.69) is 10.3 Å². The minimum Gasteiger partial charge on any atom is -0.480 e. The lowest BCUT2D eigenvalue weighted by Gasteiger charge is -2.20. The number of H-pyrrole nitrogens is 1. The second kappa shape index (κ2) is 5.21. The Balaban J connectivity index is 1.88. The van der Waals surface area contributed by atoms with Gasteiger partial charge in [-0.25, -0.2) is 4.79 Å². The molecule has 1 fully saturated rings. The van der Waals surface area contributed by atoms with Crippen LogP contribution >= 0.6 is 11.3 Å². The summed E-state index contributed by atoms with van der Waals surface area (Å²) in [6, 6.07) is -0.380. The fourth-order valence-corrected chi connectivity index (χ4v) is 2.15. The van der Waals surface area contributed by atoms with Crippen LogP contribution in [0.2, 0.25) is 0 Å². The first kappa shape index (κ1) is 12.6. The van der Waals surface area contributed by atoms with Gasteiger partial charge < -0.3 is 20.3 Å². The Morgan fingerprint density at radius 3 is 2.78 bits per heavy atom. The molecule has 0 spiro atoms. The number of amides is 2. The molecule has 2 amide bonds. The summed E-state index contributed by atoms with van der Waals surface area (Å²) in [6.07, 6.45) is 1.69. The molecular weight excluding hydrogens is 258 g/mol. The van der Waals surface area contributed by atoms with Crippen molar-refractivity contribution >= 4 is 23.3 Å². The highest BCUT2D eigenvalue weighted by Crippen LogP contribution is 2.26. The third-order valence-corrected chi connectivity index (χ3v) is 3.27. The Bertz CT molecular complexity index is 505. The maximum absolute atomic E-state index is 11.8. The van der Waals surface area contributed by atoms with Crippen molar-refractivity contribution in [2.24, 2.45) is 0 Å². The van der Waals surface area contributed by atoms with E-state index >= 15 is 0 Å². The van der Waals surface area contributed by atoms with Gasteiger partial charge in [0.25, 0.3) is 0 Å². The zero-order valence-electron chi connectivity index (χ0n) is 9.51. The number of rotatable bonds is 5. The van der Waals surface area contributed by atoms with Crippen molar-refractivity contribution in [1.82, 2.24) is 15.2 Å². The Kier molecular flexibility index (Phi) is 3.66. The standard InChI is InChI=1S/C10H13N3O4S/c14-8(15)4-13(7-1-2-7)9(16)11-3-6-5-18-10(17)12-6/h5,7H,1-4H2,(H,11,16)(H,12,17)(H,14,15). The molecular formula is C10H13N3O4S. The predicted octanol–water partition coefficient (Wildman–Crippen LogP) is 0.195. The Morgan fingerprint density at radius 2 is 2.28 bits per heavy atom. The number of aromatic nitrogens is 1. The molecule has 7 nitrogen and oxygen atoms in total. The van der Waals surface area contributed by atoms with Gasteiger partial charge in [-0.1, -0.05) is 11.3 Å². The largest absolute Gasteiger partial charge is 0.480 e. The molecule has 1 aliphatic carbocycles. The van der Waals surface area contributed by atoms with E-state index in [1.807, 2.05) is 0 Å². The lowest BCUT2D eigenvalue weighted by atomic mass is 10.4. The lowest BCUT2D eigenvalue weighted by molar-refractivity contribution is -0.137. The van der Waals surface area contributed by atoms with Gasteiger partial charge in [0.1, 0.15) is 6.54 Å². The quantitative estimate of drug-likeness (QED) is 0.711. The topological polar surface area (TPSA) is 102 Å². The minimum atomic E-state index is -1.03. The number of urea groups is 1. The van der Waals surface area contributed by atoms with Gasteiger partial charge in [-0.2, -0.15) is 0 Å². The number of nitrogens with one attached hydrogen (secondary N) is 2. The zero-order chi connectivity index (χ0) is 13.1. The molecule has 0 atom stereocenters. The Morgan fingerprint density at radius 1 is 1.56 bits per heavy atom. The molecule has 1 aliphatic rings. The van der Waals surface area contributed by atoms with Gasteiger partial charge in [-0.3, -0.25) is 9.59 Å². The van der Waals surface area contributed by atoms with Crippen molar-refractivity contribution in [2.45, 2.75) is 25.4 Å². The monoisotopic (exact) mass is 271 g/mol. The summed E-state index contributed by atoms with van der Waals surface area (Å²) < 4.78 is 0. The number of carboxylic acid groups (broad SMARTS) is 1. The molecule has 1 saturated carbocycles. The number of aromatic amines is 1. The van der Waals surface area contributed by atoms with E-state index in [4.69, 9.17) is 5.11 Å². The van der Waals surface area contributed by atoms with Crippen LogP contribution in [0.1, 0.15) is 18.5 Å². The fraction of sp³-hybridized carbons (Fsp3) is 0.500. The van der Waals surface area contributed by atoms with Crippen LogP contribution in [0.15, 0.2) is 10.2 Å². The summed E-state index contributed by atoms with van der Waals surface area (Å²) in [4.78, 5) is 37.1. The van der Waals surface area contributed by atoms with Crippen LogP contribution in [0.25, 0.3) is 0 Å². The highest BCUT2D eigenvalue weighted by molar-refractivity contribution is 7.07. The van der Waals surface area contributed by atoms with Gasteiger partial charge in [0.2, 0.25) is 0 Å². The van der Waals surface area contributed by atoms with Crippen LogP contribution < -0.4 is 10.2 Å². The van der Waals surface area contributed by atoms with Crippen molar-refractivity contribution in [1.29, 1.82) is 0 Å². The summed E-state index contributed by atoms with van der Waals surface area (Å²) in [5, 5.41) is 13.0. The van der Waals surface area contributed by atoms with E-state index in [1.54, 1.807) is 5.38 Å². The Labute approximate surface area is 106 Å². The second-order valence-corrected chi connectivity index (χ2v) is 4.93. The molecule has 0 radical (unpaired) electrons. The van der Waals surface area contributed by atoms with Crippen LogP contribution in [0.4, 0.5) is 4.79 Å². The van der Waals surface area contributed by atoms with Crippen molar-refractivity contribution < 1.29 is 14.7 Å². The van der Waals surface area contributed by atoms with Crippen LogP contribution in [0.5, 0.6) is 0 Å². The number of hydrogen-bond acceptors (Lipinski definition) is 4. The molecule has 0 saturated heterocycles. The van der Waals surface area contributed by atoms with Crippen molar-refractivity contribution in [3.05, 3.63) is 20.7 Å². The first-order valence-electron chi connectivity index (χ1n) is 5.49. The number of hydrogen-bond donors (Lipinski definition) is 3. The van der Waals surface area contributed by atoms with Gasteiger partial charge >= 0.3 is 16.9 Å². The van der Waals surface area contributed by atoms with E-state index in [0.29, 0.717) is 5.69 Å². The van der Waals surface area contributed by atoms with Gasteiger partial charge in [0.05, 0.1) is 6.54 Å². The molecule has 3 N–H and O–H groups in total. The first-order valence-corrected chi connectivity index (χ1v) is 6.37. The van der Waals surface area contributed by atoms with Crippen LogP contribution in [0.3, 0.4) is 0 Å². The average molecular weight is 271 g/mol. The number of thiazole rings is 1. The van der Waals surface area contributed by atoms with Crippen molar-refractivity contribution in [3.8, 4) is 0 Å². The summed E-state index contributed by atoms with van der Waals surface area (Å²) in [5.41, 5.74) is 0.615. The fourth-order valence-electron chi connectivity index (χ4n) is 1.57. The van der Waals surface area contributed by atoms with Crippen LogP contribution in [0, 0.1) is 0 Å². The molecule has 0 unspecified atom stereocenters. The summed E-state index contributed by atoms with van der Waals surface area (Å²) in [6.45, 7) is -0.100. The molecule has 0 aromatic carbocycles. The highest BCUT2D eigenvalue weighted by Gasteiger charge is 2.33. The third-order valence-electron chi connectivity index (χ3n) is 2.56. The van der Waals surface area contributed by atoms with Crippen molar-refractivity contribution in [3.63, 3.8) is 0 Å². The van der Waals surface area contributed by atoms with Gasteiger partial charge in [-0.05, 0) is 12.8 Å². The van der Waals surface area contributed by atoms with Crippen molar-refractivity contribution in [2.75, 3.05) is 6.54 Å². The van der Waals surface area contributed by atoms with E-state index in [9.17, 15) is 14.4 Å². The van der Waals surface area contributed by atoms with Gasteiger partial charge in [-0.15, -0.1) is 0 Å². The average Bonchev–Trinajstić information content (AvgIpc) is 3.06. The van der Waals surface area contributed by atoms with Crippen LogP contribution in [-0.2, 0) is 11.3 Å². The smallest absolute Gasteiger partial charge is 0.323 e. The summed E-state index contributed by atoms with van der Waals surface area (Å²) >= 11 is 1.02. The second-order valence-electron chi connectivity index (χ2n) is 4.08. The number of carboxylic acids is 1. The van der Waals surface area contributed by atoms with E-state index in [1.165, 1.54) is 4.90 Å². The van der Waals surface area contributed by atoms with E-state index in [-0.39, 0.29) is 24.0 Å². The maximum atomic E-state index is 11.8. The molecule has 0 bridgehead atoms. The normalized spacial score (nSPS) is 14.2. The van der Waals surface area contributed by atoms with E-state index in [0.717, 1.165) is 24.2 Å². The molecule has 1 aromatic rings.